The van der Waals surface area contributed by atoms with Gasteiger partial charge in [0, 0.05) is 30.0 Å². The first-order valence-corrected chi connectivity index (χ1v) is 11.3. The molecule has 0 fully saturated rings. The number of aryl methyl sites for hydroxylation is 1. The van der Waals surface area contributed by atoms with E-state index in [-0.39, 0.29) is 18.2 Å². The van der Waals surface area contributed by atoms with Crippen molar-refractivity contribution in [3.63, 3.8) is 0 Å². The van der Waals surface area contributed by atoms with Crippen molar-refractivity contribution < 1.29 is 24.5 Å². The minimum atomic E-state index is -1.13. The van der Waals surface area contributed by atoms with E-state index in [4.69, 9.17) is 10.1 Å². The molecule has 34 heavy (non-hydrogen) atoms. The summed E-state index contributed by atoms with van der Waals surface area (Å²) in [5, 5.41) is 28.8. The number of hydrogen-bond donors (Lipinski definition) is 3. The van der Waals surface area contributed by atoms with Crippen LogP contribution in [0.4, 0.5) is 4.39 Å². The fourth-order valence-corrected chi connectivity index (χ4v) is 3.87. The Morgan fingerprint density at radius 2 is 1.68 bits per heavy atom. The Hall–Kier alpha value is -3.29. The number of aliphatic hydroxyl groups excluding tert-OH is 2. The lowest BCUT2D eigenvalue weighted by Gasteiger charge is -2.14. The highest BCUT2D eigenvalue weighted by molar-refractivity contribution is 5.79. The number of carboxylic acids is 1. The first-order chi connectivity index (χ1) is 16.2. The molecule has 2 unspecified atom stereocenters. The van der Waals surface area contributed by atoms with Crippen molar-refractivity contribution in [3.8, 4) is 22.5 Å². The summed E-state index contributed by atoms with van der Waals surface area (Å²) >= 11 is 0. The molecule has 2 atom stereocenters. The molecule has 6 nitrogen and oxygen atoms in total. The molecular formula is C27H31FN2O4. The molecule has 180 valence electrons. The van der Waals surface area contributed by atoms with Gasteiger partial charge in [-0.05, 0) is 31.2 Å². The van der Waals surface area contributed by atoms with Crippen LogP contribution in [-0.4, -0.2) is 43.0 Å². The fraction of sp³-hybridized carbons (Fsp3) is 0.333. The van der Waals surface area contributed by atoms with Crippen molar-refractivity contribution in [2.75, 3.05) is 0 Å². The maximum Gasteiger partial charge on any atom is 0.305 e. The SMILES string of the molecule is Cc1ccc(-c2nc(C(C)C)n(CC=CC(O)CC(O)CC(=O)O)c2-c2ccc(F)cc2)cc1. The van der Waals surface area contributed by atoms with Crippen LogP contribution in [0.2, 0.25) is 0 Å². The third kappa shape index (κ3) is 6.40. The van der Waals surface area contributed by atoms with Crippen LogP contribution >= 0.6 is 0 Å². The van der Waals surface area contributed by atoms with Crippen molar-refractivity contribution in [3.05, 3.63) is 77.9 Å². The predicted octanol–water partition coefficient (Wildman–Crippen LogP) is 4.93. The Morgan fingerprint density at radius 3 is 2.26 bits per heavy atom. The molecule has 3 rings (SSSR count). The smallest absolute Gasteiger partial charge is 0.305 e. The van der Waals surface area contributed by atoms with Crippen molar-refractivity contribution in [1.82, 2.24) is 9.55 Å². The van der Waals surface area contributed by atoms with Crippen LogP contribution in [0.3, 0.4) is 0 Å². The number of carboxylic acid groups (broad SMARTS) is 1. The van der Waals surface area contributed by atoms with Gasteiger partial charge in [-0.15, -0.1) is 0 Å². The number of benzene rings is 2. The number of allylic oxidation sites excluding steroid dienone is 1. The maximum atomic E-state index is 13.7. The number of rotatable bonds is 10. The zero-order chi connectivity index (χ0) is 24.8. The van der Waals surface area contributed by atoms with Gasteiger partial charge in [0.25, 0.3) is 0 Å². The molecule has 0 amide bonds. The second-order valence-electron chi connectivity index (χ2n) is 8.79. The van der Waals surface area contributed by atoms with Crippen LogP contribution in [0.5, 0.6) is 0 Å². The molecule has 1 heterocycles. The molecule has 1 aromatic heterocycles. The number of halogens is 1. The Bertz CT molecular complexity index is 1130. The number of aromatic nitrogens is 2. The fourth-order valence-electron chi connectivity index (χ4n) is 3.87. The van der Waals surface area contributed by atoms with E-state index in [0.29, 0.717) is 6.54 Å². The van der Waals surface area contributed by atoms with E-state index in [1.54, 1.807) is 24.3 Å². The summed E-state index contributed by atoms with van der Waals surface area (Å²) in [6.07, 6.45) is 0.736. The lowest BCUT2D eigenvalue weighted by atomic mass is 10.0. The Labute approximate surface area is 199 Å². The minimum absolute atomic E-state index is 0.0663. The average molecular weight is 467 g/mol. The van der Waals surface area contributed by atoms with Gasteiger partial charge in [0.15, 0.2) is 0 Å². The molecule has 3 aromatic rings. The van der Waals surface area contributed by atoms with Crippen molar-refractivity contribution in [2.24, 2.45) is 0 Å². The maximum absolute atomic E-state index is 13.7. The van der Waals surface area contributed by atoms with Gasteiger partial charge in [-0.2, -0.15) is 0 Å². The Kier molecular flexibility index (Phi) is 8.36. The van der Waals surface area contributed by atoms with E-state index < -0.39 is 24.6 Å². The molecule has 2 aromatic carbocycles. The normalized spacial score (nSPS) is 13.5. The molecule has 0 spiro atoms. The number of nitrogens with zero attached hydrogens (tertiary/aromatic N) is 2. The number of carbonyl (C=O) groups is 1. The van der Waals surface area contributed by atoms with E-state index in [0.717, 1.165) is 33.9 Å². The number of aliphatic carboxylic acids is 1. The molecule has 0 aliphatic rings. The average Bonchev–Trinajstić information content (AvgIpc) is 3.14. The summed E-state index contributed by atoms with van der Waals surface area (Å²) in [6.45, 7) is 6.51. The third-order valence-corrected chi connectivity index (χ3v) is 5.53. The van der Waals surface area contributed by atoms with Crippen molar-refractivity contribution in [1.29, 1.82) is 0 Å². The lowest BCUT2D eigenvalue weighted by molar-refractivity contribution is -0.139. The predicted molar refractivity (Wildman–Crippen MR) is 130 cm³/mol. The summed E-state index contributed by atoms with van der Waals surface area (Å²) in [5.74, 6) is -0.482. The van der Waals surface area contributed by atoms with Crippen LogP contribution in [0, 0.1) is 12.7 Å². The molecule has 3 N–H and O–H groups in total. The van der Waals surface area contributed by atoms with Gasteiger partial charge in [-0.1, -0.05) is 55.8 Å². The molecule has 0 saturated carbocycles. The standard InChI is InChI=1S/C27H31FN2O4/c1-17(2)27-29-25(19-8-6-18(3)7-9-19)26(20-10-12-21(28)13-11-20)30(27)14-4-5-22(31)15-23(32)16-24(33)34/h4-13,17,22-23,31-32H,14-16H2,1-3H3,(H,33,34). The van der Waals surface area contributed by atoms with Crippen LogP contribution in [0.1, 0.15) is 44.0 Å². The number of hydrogen-bond acceptors (Lipinski definition) is 4. The van der Waals surface area contributed by atoms with Crippen molar-refractivity contribution in [2.45, 2.75) is 58.3 Å². The molecule has 0 saturated heterocycles. The van der Waals surface area contributed by atoms with Gasteiger partial charge in [-0.3, -0.25) is 4.79 Å². The second kappa shape index (κ2) is 11.2. The quantitative estimate of drug-likeness (QED) is 0.368. The summed E-state index contributed by atoms with van der Waals surface area (Å²) in [6, 6.07) is 14.4. The zero-order valence-corrected chi connectivity index (χ0v) is 19.6. The van der Waals surface area contributed by atoms with Crippen LogP contribution in [0.15, 0.2) is 60.7 Å². The first-order valence-electron chi connectivity index (χ1n) is 11.3. The molecular weight excluding hydrogens is 435 g/mol. The van der Waals surface area contributed by atoms with E-state index in [2.05, 4.69) is 0 Å². The van der Waals surface area contributed by atoms with Crippen LogP contribution in [-0.2, 0) is 11.3 Å². The summed E-state index contributed by atoms with van der Waals surface area (Å²) in [5.41, 5.74) is 4.55. The number of aliphatic hydroxyl groups is 2. The number of imidazole rings is 1. The molecule has 0 aliphatic carbocycles. The monoisotopic (exact) mass is 466 g/mol. The second-order valence-corrected chi connectivity index (χ2v) is 8.79. The Morgan fingerprint density at radius 1 is 1.06 bits per heavy atom. The molecule has 0 radical (unpaired) electrons. The Balaban J connectivity index is 2.00. The van der Waals surface area contributed by atoms with Gasteiger partial charge in [0.2, 0.25) is 0 Å². The molecule has 0 aliphatic heterocycles. The van der Waals surface area contributed by atoms with Gasteiger partial charge in [0.05, 0.1) is 30.0 Å². The van der Waals surface area contributed by atoms with Gasteiger partial charge in [-0.25, -0.2) is 9.37 Å². The van der Waals surface area contributed by atoms with Gasteiger partial charge < -0.3 is 19.9 Å². The highest BCUT2D eigenvalue weighted by Gasteiger charge is 2.21. The zero-order valence-electron chi connectivity index (χ0n) is 19.6. The lowest BCUT2D eigenvalue weighted by Crippen LogP contribution is -2.19. The van der Waals surface area contributed by atoms with Gasteiger partial charge >= 0.3 is 5.97 Å². The van der Waals surface area contributed by atoms with Crippen molar-refractivity contribution >= 4 is 5.97 Å². The summed E-state index contributed by atoms with van der Waals surface area (Å²) in [4.78, 5) is 15.7. The molecule has 0 bridgehead atoms. The van der Waals surface area contributed by atoms with Crippen LogP contribution < -0.4 is 0 Å². The summed E-state index contributed by atoms with van der Waals surface area (Å²) in [7, 11) is 0. The third-order valence-electron chi connectivity index (χ3n) is 5.53. The largest absolute Gasteiger partial charge is 0.481 e. The topological polar surface area (TPSA) is 95.6 Å². The summed E-state index contributed by atoms with van der Waals surface area (Å²) < 4.78 is 15.7. The van der Waals surface area contributed by atoms with Gasteiger partial charge in [0.1, 0.15) is 11.6 Å². The minimum Gasteiger partial charge on any atom is -0.481 e. The van der Waals surface area contributed by atoms with E-state index >= 15 is 0 Å². The first kappa shape index (κ1) is 25.3. The highest BCUT2D eigenvalue weighted by atomic mass is 19.1. The van der Waals surface area contributed by atoms with Crippen LogP contribution in [0.25, 0.3) is 22.5 Å². The highest BCUT2D eigenvalue weighted by Crippen LogP contribution is 2.35. The van der Waals surface area contributed by atoms with E-state index in [1.165, 1.54) is 12.1 Å². The van der Waals surface area contributed by atoms with E-state index in [1.807, 2.05) is 49.6 Å². The molecule has 7 heteroatoms. The van der Waals surface area contributed by atoms with E-state index in [9.17, 15) is 19.4 Å².